The van der Waals surface area contributed by atoms with Crippen molar-refractivity contribution < 1.29 is 14.3 Å². The third-order valence-electron chi connectivity index (χ3n) is 2.98. The molecule has 1 aliphatic rings. The van der Waals surface area contributed by atoms with Gasteiger partial charge in [-0.15, -0.1) is 0 Å². The maximum atomic E-state index is 11.9. The maximum Gasteiger partial charge on any atom is 0.238 e. The largest absolute Gasteiger partial charge is 0.495 e. The molecule has 0 saturated carbocycles. The quantitative estimate of drug-likeness (QED) is 0.777. The lowest BCUT2D eigenvalue weighted by Crippen LogP contribution is -2.41. The second-order valence-corrected chi connectivity index (χ2v) is 4.39. The average molecular weight is 265 g/mol. The highest BCUT2D eigenvalue weighted by atomic mass is 16.5. The van der Waals surface area contributed by atoms with Crippen molar-refractivity contribution in [1.29, 1.82) is 0 Å². The van der Waals surface area contributed by atoms with Crippen LogP contribution in [0.3, 0.4) is 0 Å². The summed E-state index contributed by atoms with van der Waals surface area (Å²) in [7, 11) is 1.56. The Bertz CT molecular complexity index is 445. The molecule has 3 N–H and O–H groups in total. The third kappa shape index (κ3) is 3.84. The molecule has 6 heteroatoms. The molecule has 0 atom stereocenters. The second-order valence-electron chi connectivity index (χ2n) is 4.39. The minimum absolute atomic E-state index is 0.0496. The number of amides is 1. The summed E-state index contributed by atoms with van der Waals surface area (Å²) in [6.07, 6.45) is 0. The van der Waals surface area contributed by atoms with Crippen molar-refractivity contribution in [3.63, 3.8) is 0 Å². The van der Waals surface area contributed by atoms with Crippen LogP contribution in [0.15, 0.2) is 18.2 Å². The second kappa shape index (κ2) is 6.40. The number of hydrogen-bond acceptors (Lipinski definition) is 5. The van der Waals surface area contributed by atoms with Crippen LogP contribution in [0.1, 0.15) is 0 Å². The van der Waals surface area contributed by atoms with Gasteiger partial charge in [0.2, 0.25) is 5.91 Å². The summed E-state index contributed by atoms with van der Waals surface area (Å²) in [5.41, 5.74) is 6.97. The zero-order valence-electron chi connectivity index (χ0n) is 11.0. The molecule has 0 aliphatic carbocycles. The number of hydrogen-bond donors (Lipinski definition) is 2. The fourth-order valence-electron chi connectivity index (χ4n) is 1.97. The van der Waals surface area contributed by atoms with Crippen LogP contribution in [0.5, 0.6) is 5.75 Å². The molecule has 1 fully saturated rings. The van der Waals surface area contributed by atoms with Crippen LogP contribution in [0.2, 0.25) is 0 Å². The van der Waals surface area contributed by atoms with Crippen molar-refractivity contribution in [2.24, 2.45) is 0 Å². The number of benzene rings is 1. The van der Waals surface area contributed by atoms with Crippen LogP contribution in [0, 0.1) is 0 Å². The molecule has 1 aliphatic heterocycles. The summed E-state index contributed by atoms with van der Waals surface area (Å²) in [5.74, 6) is 0.553. The van der Waals surface area contributed by atoms with Crippen LogP contribution >= 0.6 is 0 Å². The zero-order valence-corrected chi connectivity index (χ0v) is 11.0. The lowest BCUT2D eigenvalue weighted by molar-refractivity contribution is -0.118. The van der Waals surface area contributed by atoms with E-state index in [1.165, 1.54) is 0 Å². The number of nitrogens with one attached hydrogen (secondary N) is 1. The minimum atomic E-state index is -0.0496. The first-order chi connectivity index (χ1) is 9.19. The molecule has 104 valence electrons. The fraction of sp³-hybridized carbons (Fsp3) is 0.462. The van der Waals surface area contributed by atoms with Crippen molar-refractivity contribution >= 4 is 17.3 Å². The monoisotopic (exact) mass is 265 g/mol. The molecule has 0 aromatic heterocycles. The molecule has 2 rings (SSSR count). The van der Waals surface area contributed by atoms with Gasteiger partial charge in [0, 0.05) is 18.8 Å². The molecule has 0 unspecified atom stereocenters. The number of carbonyl (C=O) groups is 1. The number of nitrogens with two attached hydrogens (primary N) is 1. The van der Waals surface area contributed by atoms with Gasteiger partial charge in [-0.1, -0.05) is 0 Å². The van der Waals surface area contributed by atoms with Gasteiger partial charge < -0.3 is 20.5 Å². The number of rotatable bonds is 4. The molecule has 19 heavy (non-hydrogen) atoms. The number of anilines is 2. The van der Waals surface area contributed by atoms with Crippen LogP contribution in [-0.4, -0.2) is 50.8 Å². The van der Waals surface area contributed by atoms with E-state index in [1.807, 2.05) is 0 Å². The Labute approximate surface area is 112 Å². The summed E-state index contributed by atoms with van der Waals surface area (Å²) in [6.45, 7) is 3.32. The molecule has 0 spiro atoms. The van der Waals surface area contributed by atoms with E-state index in [4.69, 9.17) is 15.2 Å². The highest BCUT2D eigenvalue weighted by Crippen LogP contribution is 2.24. The Hall–Kier alpha value is -1.79. The van der Waals surface area contributed by atoms with Gasteiger partial charge in [0.25, 0.3) is 0 Å². The van der Waals surface area contributed by atoms with Gasteiger partial charge in [-0.05, 0) is 18.2 Å². The van der Waals surface area contributed by atoms with Crippen LogP contribution in [0.25, 0.3) is 0 Å². The van der Waals surface area contributed by atoms with E-state index in [2.05, 4.69) is 10.2 Å². The summed E-state index contributed by atoms with van der Waals surface area (Å²) >= 11 is 0. The van der Waals surface area contributed by atoms with E-state index in [9.17, 15) is 4.79 Å². The molecule has 1 aromatic carbocycles. The van der Waals surface area contributed by atoms with E-state index in [0.29, 0.717) is 36.9 Å². The number of nitrogens with zero attached hydrogens (tertiary/aromatic N) is 1. The molecular formula is C13H19N3O3. The summed E-state index contributed by atoms with van der Waals surface area (Å²) < 4.78 is 10.3. The molecule has 1 saturated heterocycles. The van der Waals surface area contributed by atoms with Gasteiger partial charge >= 0.3 is 0 Å². The normalized spacial score (nSPS) is 16.1. The highest BCUT2D eigenvalue weighted by molar-refractivity contribution is 5.92. The van der Waals surface area contributed by atoms with Gasteiger partial charge in [-0.3, -0.25) is 9.69 Å². The fourth-order valence-corrected chi connectivity index (χ4v) is 1.97. The predicted molar refractivity (Wildman–Crippen MR) is 73.3 cm³/mol. The highest BCUT2D eigenvalue weighted by Gasteiger charge is 2.14. The van der Waals surface area contributed by atoms with Gasteiger partial charge in [-0.2, -0.15) is 0 Å². The van der Waals surface area contributed by atoms with E-state index in [1.54, 1.807) is 25.3 Å². The summed E-state index contributed by atoms with van der Waals surface area (Å²) in [5, 5.41) is 2.82. The minimum Gasteiger partial charge on any atom is -0.495 e. The first kappa shape index (κ1) is 13.6. The number of ether oxygens (including phenoxy) is 2. The number of morpholine rings is 1. The van der Waals surface area contributed by atoms with Crippen LogP contribution < -0.4 is 15.8 Å². The van der Waals surface area contributed by atoms with Crippen LogP contribution in [0.4, 0.5) is 11.4 Å². The molecule has 1 amide bonds. The van der Waals surface area contributed by atoms with E-state index < -0.39 is 0 Å². The van der Waals surface area contributed by atoms with Gasteiger partial charge in [0.1, 0.15) is 5.75 Å². The van der Waals surface area contributed by atoms with Crippen molar-refractivity contribution in [2.75, 3.05) is 51.0 Å². The molecule has 6 nitrogen and oxygen atoms in total. The SMILES string of the molecule is COc1ccc(NC(=O)CN2CCOCC2)cc1N. The Kier molecular flexibility index (Phi) is 4.59. The molecule has 1 heterocycles. The Morgan fingerprint density at radius 1 is 1.47 bits per heavy atom. The van der Waals surface area contributed by atoms with E-state index in [0.717, 1.165) is 13.1 Å². The van der Waals surface area contributed by atoms with Gasteiger partial charge in [-0.25, -0.2) is 0 Å². The Morgan fingerprint density at radius 3 is 2.84 bits per heavy atom. The average Bonchev–Trinajstić information content (AvgIpc) is 2.40. The standard InChI is InChI=1S/C13H19N3O3/c1-18-12-3-2-10(8-11(12)14)15-13(17)9-16-4-6-19-7-5-16/h2-3,8H,4-7,9,14H2,1H3,(H,15,17). The zero-order chi connectivity index (χ0) is 13.7. The third-order valence-corrected chi connectivity index (χ3v) is 2.98. The lowest BCUT2D eigenvalue weighted by atomic mass is 10.2. The Morgan fingerprint density at radius 2 is 2.21 bits per heavy atom. The molecule has 0 radical (unpaired) electrons. The maximum absolute atomic E-state index is 11.9. The molecule has 1 aromatic rings. The summed E-state index contributed by atoms with van der Waals surface area (Å²) in [4.78, 5) is 13.9. The smallest absolute Gasteiger partial charge is 0.238 e. The van der Waals surface area contributed by atoms with Crippen molar-refractivity contribution in [1.82, 2.24) is 4.90 Å². The summed E-state index contributed by atoms with van der Waals surface area (Å²) in [6, 6.07) is 5.20. The Balaban J connectivity index is 1.89. The lowest BCUT2D eigenvalue weighted by Gasteiger charge is -2.25. The first-order valence-electron chi connectivity index (χ1n) is 6.22. The molecule has 0 bridgehead atoms. The predicted octanol–water partition coefficient (Wildman–Crippen LogP) is 0.548. The van der Waals surface area contributed by atoms with Crippen LogP contribution in [-0.2, 0) is 9.53 Å². The van der Waals surface area contributed by atoms with Gasteiger partial charge in [0.15, 0.2) is 0 Å². The first-order valence-corrected chi connectivity index (χ1v) is 6.22. The van der Waals surface area contributed by atoms with Crippen molar-refractivity contribution in [2.45, 2.75) is 0 Å². The van der Waals surface area contributed by atoms with Crippen molar-refractivity contribution in [3.8, 4) is 5.75 Å². The molecular weight excluding hydrogens is 246 g/mol. The van der Waals surface area contributed by atoms with E-state index >= 15 is 0 Å². The van der Waals surface area contributed by atoms with E-state index in [-0.39, 0.29) is 5.91 Å². The van der Waals surface area contributed by atoms with Gasteiger partial charge in [0.05, 0.1) is 32.6 Å². The number of nitrogen functional groups attached to an aromatic ring is 1. The number of methoxy groups -OCH3 is 1. The van der Waals surface area contributed by atoms with Crippen molar-refractivity contribution in [3.05, 3.63) is 18.2 Å². The topological polar surface area (TPSA) is 76.8 Å². The number of carbonyl (C=O) groups excluding carboxylic acids is 1.